The number of carbonyl (C=O) groups is 4. The van der Waals surface area contributed by atoms with Gasteiger partial charge in [0.15, 0.2) is 11.5 Å². The maximum absolute atomic E-state index is 13.7. The molecule has 2 aromatic heterocycles. The van der Waals surface area contributed by atoms with E-state index < -0.39 is 17.8 Å². The number of fused-ring (bicyclic) bond motifs is 1. The molecule has 14 nitrogen and oxygen atoms in total. The average Bonchev–Trinajstić information content (AvgIpc) is 3.66. The van der Waals surface area contributed by atoms with Crippen LogP contribution in [-0.2, 0) is 18.0 Å². The summed E-state index contributed by atoms with van der Waals surface area (Å²) in [7, 11) is 1.45. The third-order valence-corrected chi connectivity index (χ3v) is 9.83. The summed E-state index contributed by atoms with van der Waals surface area (Å²) >= 11 is 6.42. The summed E-state index contributed by atoms with van der Waals surface area (Å²) in [4.78, 5) is 52.9. The molecule has 1 saturated heterocycles. The van der Waals surface area contributed by atoms with E-state index >= 15 is 0 Å². The molecule has 3 aliphatic carbocycles. The Labute approximate surface area is 283 Å². The lowest BCUT2D eigenvalue weighted by Crippen LogP contribution is -2.50. The van der Waals surface area contributed by atoms with Gasteiger partial charge in [-0.15, -0.1) is 0 Å². The molecule has 1 aliphatic heterocycles. The van der Waals surface area contributed by atoms with E-state index in [9.17, 15) is 27.6 Å². The third-order valence-electron chi connectivity index (χ3n) is 9.52. The minimum Gasteiger partial charge on any atom is -0.483 e. The largest absolute Gasteiger partial charge is 0.483 e. The maximum Gasteiger partial charge on any atom is 0.435 e. The summed E-state index contributed by atoms with van der Waals surface area (Å²) < 4.78 is 43.8. The number of piperidine rings is 1. The Morgan fingerprint density at radius 3 is 2.37 bits per heavy atom. The van der Waals surface area contributed by atoms with Gasteiger partial charge in [-0.25, -0.2) is 9.78 Å². The van der Waals surface area contributed by atoms with Crippen molar-refractivity contribution in [3.05, 3.63) is 52.7 Å². The first-order valence-corrected chi connectivity index (χ1v) is 16.2. The van der Waals surface area contributed by atoms with E-state index in [2.05, 4.69) is 26.0 Å². The first-order chi connectivity index (χ1) is 23.3. The minimum atomic E-state index is -4.67. The van der Waals surface area contributed by atoms with Gasteiger partial charge in [-0.1, -0.05) is 11.6 Å². The van der Waals surface area contributed by atoms with Crippen molar-refractivity contribution in [1.29, 1.82) is 0 Å². The first kappa shape index (κ1) is 34.2. The molecular weight excluding hydrogens is 671 g/mol. The van der Waals surface area contributed by atoms with Crippen LogP contribution in [0.1, 0.15) is 64.8 Å². The molecule has 4 atom stereocenters. The lowest BCUT2D eigenvalue weighted by atomic mass is 10.2. The summed E-state index contributed by atoms with van der Waals surface area (Å²) in [5.41, 5.74) is 5.48. The number of nitrogens with zero attached hydrogens (tertiary/aromatic N) is 5. The molecule has 3 aromatic rings. The number of hydrogen-bond acceptors (Lipinski definition) is 7. The number of benzene rings is 1. The number of amides is 4. The van der Waals surface area contributed by atoms with Crippen molar-refractivity contribution in [2.24, 2.45) is 24.6 Å². The molecule has 262 valence electrons. The number of urea groups is 1. The van der Waals surface area contributed by atoms with Crippen molar-refractivity contribution in [3.63, 3.8) is 0 Å². The van der Waals surface area contributed by atoms with Gasteiger partial charge in [-0.05, 0) is 50.3 Å². The van der Waals surface area contributed by atoms with Crippen LogP contribution in [-0.4, -0.2) is 84.9 Å². The Morgan fingerprint density at radius 2 is 1.78 bits per heavy atom. The van der Waals surface area contributed by atoms with Gasteiger partial charge < -0.3 is 36.3 Å². The number of halogens is 4. The van der Waals surface area contributed by atoms with Crippen molar-refractivity contribution in [1.82, 2.24) is 34.9 Å². The summed E-state index contributed by atoms with van der Waals surface area (Å²) in [6.07, 6.45) is 2.21. The molecule has 4 aliphatic rings. The second-order valence-corrected chi connectivity index (χ2v) is 13.2. The van der Waals surface area contributed by atoms with E-state index in [1.165, 1.54) is 46.9 Å². The van der Waals surface area contributed by atoms with Gasteiger partial charge in [0.25, 0.3) is 18.3 Å². The molecule has 18 heteroatoms. The Balaban J connectivity index is 0.00000134. The topological polar surface area (TPSA) is 190 Å². The van der Waals surface area contributed by atoms with Gasteiger partial charge in [0.05, 0.1) is 34.1 Å². The molecule has 3 saturated carbocycles. The number of carbonyl (C=O) groups excluding carboxylic acids is 3. The fourth-order valence-electron chi connectivity index (χ4n) is 6.70. The Hall–Kier alpha value is -4.64. The molecule has 49 heavy (non-hydrogen) atoms. The van der Waals surface area contributed by atoms with E-state index in [1.807, 2.05) is 0 Å². The third kappa shape index (κ3) is 7.08. The number of imidazole rings is 1. The molecule has 1 aromatic carbocycles. The number of likely N-dealkylation sites (tertiary alicyclic amines) is 1. The maximum atomic E-state index is 13.7. The molecule has 4 fully saturated rings. The molecule has 0 bridgehead atoms. The van der Waals surface area contributed by atoms with E-state index in [-0.39, 0.29) is 87.8 Å². The zero-order chi connectivity index (χ0) is 35.2. The second-order valence-electron chi connectivity index (χ2n) is 12.8. The fraction of sp³-hybridized carbons (Fsp3) is 0.484. The first-order valence-electron chi connectivity index (χ1n) is 15.8. The van der Waals surface area contributed by atoms with Crippen LogP contribution in [0.25, 0.3) is 11.3 Å². The van der Waals surface area contributed by atoms with Gasteiger partial charge in [-0.3, -0.25) is 19.1 Å². The van der Waals surface area contributed by atoms with Crippen LogP contribution < -0.4 is 21.7 Å². The number of carboxylic acid groups (broad SMARTS) is 1. The van der Waals surface area contributed by atoms with Crippen LogP contribution in [0.2, 0.25) is 5.02 Å². The van der Waals surface area contributed by atoms with E-state index in [1.54, 1.807) is 4.90 Å². The quantitative estimate of drug-likeness (QED) is 0.231. The molecule has 7 rings (SSSR count). The van der Waals surface area contributed by atoms with Crippen molar-refractivity contribution in [2.45, 2.75) is 62.4 Å². The fourth-order valence-corrected chi connectivity index (χ4v) is 6.97. The smallest absolute Gasteiger partial charge is 0.435 e. The van der Waals surface area contributed by atoms with Crippen molar-refractivity contribution >= 4 is 41.6 Å². The Morgan fingerprint density at radius 1 is 1.08 bits per heavy atom. The molecule has 4 amide bonds. The highest BCUT2D eigenvalue weighted by Crippen LogP contribution is 2.46. The van der Waals surface area contributed by atoms with Gasteiger partial charge in [-0.2, -0.15) is 18.3 Å². The molecule has 2 unspecified atom stereocenters. The zero-order valence-electron chi connectivity index (χ0n) is 26.3. The predicted octanol–water partition coefficient (Wildman–Crippen LogP) is 3.49. The van der Waals surface area contributed by atoms with Gasteiger partial charge in [0.1, 0.15) is 0 Å². The predicted molar refractivity (Wildman–Crippen MR) is 170 cm³/mol. The van der Waals surface area contributed by atoms with Crippen molar-refractivity contribution in [2.75, 3.05) is 18.4 Å². The average molecular weight is 706 g/mol. The normalized spacial score (nSPS) is 24.0. The summed E-state index contributed by atoms with van der Waals surface area (Å²) in [6.45, 7) is 0.856. The standard InChI is InChI=1S/C30H33ClF3N9O3.CH2O2/c1-41-23(19-13-43(15-6-7-15)40-25(19)30(32,33)34)10-36-26(41)28(45)37-14-5-8-16(20(31)9-14)27(44)39-24-17-11-42(12-18(17)24)29(46)38-22-4-2-3-21(22)35;2-1-3/h5,8-10,13,15,17-18,21-22,24H,2-4,6-7,11-12,35H2,1H3,(H,37,45)(H,38,46)(H,39,44);1H,(H,2,3)/t17?,18?,21-,22+,24?;/m0./s1. The number of aromatic nitrogens is 4. The molecule has 3 heterocycles. The molecular formula is C31H35ClF3N9O5. The SMILES string of the molecule is Cn1c(-c2cn(C3CC3)nc2C(F)(F)F)cnc1C(=O)Nc1ccc(C(=O)NC2C3CN(C(=O)N[C@@H]4CCC[C@@H]4N)CC32)c(Cl)c1.O=CO. The van der Waals surface area contributed by atoms with Crippen LogP contribution in [0.5, 0.6) is 0 Å². The molecule has 0 spiro atoms. The second kappa shape index (κ2) is 13.3. The monoisotopic (exact) mass is 705 g/mol. The van der Waals surface area contributed by atoms with E-state index in [0.717, 1.165) is 32.1 Å². The summed E-state index contributed by atoms with van der Waals surface area (Å²) in [6, 6.07) is 4.18. The van der Waals surface area contributed by atoms with Crippen LogP contribution in [0.15, 0.2) is 30.6 Å². The van der Waals surface area contributed by atoms with Gasteiger partial charge in [0.2, 0.25) is 0 Å². The number of rotatable bonds is 7. The van der Waals surface area contributed by atoms with Crippen LogP contribution in [0.3, 0.4) is 0 Å². The number of anilines is 1. The lowest BCUT2D eigenvalue weighted by Gasteiger charge is -2.25. The van der Waals surface area contributed by atoms with Gasteiger partial charge in [0, 0.05) is 62.0 Å². The lowest BCUT2D eigenvalue weighted by molar-refractivity contribution is -0.141. The minimum absolute atomic E-state index is 0.00477. The molecule has 6 N–H and O–H groups in total. The van der Waals surface area contributed by atoms with Crippen molar-refractivity contribution in [3.8, 4) is 11.3 Å². The van der Waals surface area contributed by atoms with Crippen LogP contribution in [0, 0.1) is 11.8 Å². The number of alkyl halides is 3. The Bertz CT molecular complexity index is 1760. The van der Waals surface area contributed by atoms with Crippen molar-refractivity contribution < 1.29 is 37.5 Å². The van der Waals surface area contributed by atoms with Gasteiger partial charge >= 0.3 is 12.2 Å². The highest BCUT2D eigenvalue weighted by Gasteiger charge is 2.57. The van der Waals surface area contributed by atoms with Crippen LogP contribution in [0.4, 0.5) is 23.7 Å². The number of nitrogens with one attached hydrogen (secondary N) is 3. The van der Waals surface area contributed by atoms with E-state index in [0.29, 0.717) is 13.1 Å². The highest BCUT2D eigenvalue weighted by atomic mass is 35.5. The summed E-state index contributed by atoms with van der Waals surface area (Å²) in [5, 5.41) is 19.4. The Kier molecular flexibility index (Phi) is 9.32. The van der Waals surface area contributed by atoms with Crippen LogP contribution >= 0.6 is 11.6 Å². The zero-order valence-corrected chi connectivity index (χ0v) is 27.0. The number of hydrogen-bond donors (Lipinski definition) is 5. The highest BCUT2D eigenvalue weighted by molar-refractivity contribution is 6.34. The molecule has 0 radical (unpaired) electrons. The number of nitrogens with two attached hydrogens (primary N) is 1. The summed E-state index contributed by atoms with van der Waals surface area (Å²) in [5.74, 6) is -0.811. The van der Waals surface area contributed by atoms with E-state index in [4.69, 9.17) is 27.2 Å².